The van der Waals surface area contributed by atoms with E-state index in [9.17, 15) is 14.7 Å². The minimum atomic E-state index is -0.840. The Kier molecular flexibility index (Phi) is 4.63. The molecule has 5 heteroatoms. The van der Waals surface area contributed by atoms with Crippen molar-refractivity contribution in [3.63, 3.8) is 0 Å². The fourth-order valence-corrected chi connectivity index (χ4v) is 2.75. The molecule has 1 saturated heterocycles. The molecule has 1 unspecified atom stereocenters. The van der Waals surface area contributed by atoms with E-state index >= 15 is 0 Å². The van der Waals surface area contributed by atoms with E-state index in [1.807, 2.05) is 12.1 Å². The lowest BCUT2D eigenvalue weighted by Gasteiger charge is -2.37. The summed E-state index contributed by atoms with van der Waals surface area (Å²) < 4.78 is 0. The molecular formula is C16H22N2O3. The average Bonchev–Trinajstić information content (AvgIpc) is 2.47. The van der Waals surface area contributed by atoms with E-state index in [1.54, 1.807) is 24.0 Å². The second-order valence-electron chi connectivity index (χ2n) is 5.93. The zero-order valence-electron chi connectivity index (χ0n) is 12.3. The minimum absolute atomic E-state index is 0.0959. The molecule has 1 aromatic carbocycles. The summed E-state index contributed by atoms with van der Waals surface area (Å²) in [5, 5.41) is 9.31. The maximum absolute atomic E-state index is 12.5. The molecule has 21 heavy (non-hydrogen) atoms. The first-order valence-corrected chi connectivity index (χ1v) is 7.28. The van der Waals surface area contributed by atoms with Gasteiger partial charge in [0.05, 0.1) is 5.41 Å². The molecule has 1 atom stereocenters. The molecule has 5 nitrogen and oxygen atoms in total. The van der Waals surface area contributed by atoms with E-state index in [2.05, 4.69) is 0 Å². The maximum atomic E-state index is 12.5. The summed E-state index contributed by atoms with van der Waals surface area (Å²) in [5.74, 6) is -0.931. The summed E-state index contributed by atoms with van der Waals surface area (Å²) in [6.45, 7) is 3.17. The Balaban J connectivity index is 2.10. The quantitative estimate of drug-likeness (QED) is 0.880. The van der Waals surface area contributed by atoms with Crippen molar-refractivity contribution >= 4 is 11.9 Å². The second kappa shape index (κ2) is 6.26. The summed E-state index contributed by atoms with van der Waals surface area (Å²) >= 11 is 0. The van der Waals surface area contributed by atoms with Crippen LogP contribution < -0.4 is 5.73 Å². The molecule has 0 aliphatic carbocycles. The van der Waals surface area contributed by atoms with Crippen LogP contribution in [-0.4, -0.2) is 41.5 Å². The monoisotopic (exact) mass is 290 g/mol. The van der Waals surface area contributed by atoms with E-state index in [0.29, 0.717) is 25.1 Å². The van der Waals surface area contributed by atoms with Gasteiger partial charge < -0.3 is 15.7 Å². The number of hydrogen-bond acceptors (Lipinski definition) is 3. The Hall–Kier alpha value is -1.88. The minimum Gasteiger partial charge on any atom is -0.481 e. The predicted octanol–water partition coefficient (Wildman–Crippen LogP) is 1.51. The zero-order chi connectivity index (χ0) is 15.5. The number of carbonyl (C=O) groups is 2. The number of nitrogens with two attached hydrogens (primary N) is 1. The molecule has 1 heterocycles. The van der Waals surface area contributed by atoms with Crippen LogP contribution in [0.4, 0.5) is 0 Å². The SMILES string of the molecule is CC1(C(=O)O)CCCN(C(=O)c2ccc(CCN)cc2)C1. The van der Waals surface area contributed by atoms with Crippen molar-refractivity contribution in [2.75, 3.05) is 19.6 Å². The number of carboxylic acid groups (broad SMARTS) is 1. The van der Waals surface area contributed by atoms with Crippen molar-refractivity contribution in [1.29, 1.82) is 0 Å². The number of carbonyl (C=O) groups excluding carboxylic acids is 1. The smallest absolute Gasteiger partial charge is 0.311 e. The third kappa shape index (κ3) is 3.42. The topological polar surface area (TPSA) is 83.6 Å². The fourth-order valence-electron chi connectivity index (χ4n) is 2.75. The lowest BCUT2D eigenvalue weighted by molar-refractivity contribution is -0.150. The van der Waals surface area contributed by atoms with Gasteiger partial charge in [0.1, 0.15) is 0 Å². The van der Waals surface area contributed by atoms with Crippen LogP contribution in [0.15, 0.2) is 24.3 Å². The molecular weight excluding hydrogens is 268 g/mol. The van der Waals surface area contributed by atoms with Gasteiger partial charge in [-0.15, -0.1) is 0 Å². The number of piperidine rings is 1. The van der Waals surface area contributed by atoms with Crippen LogP contribution in [-0.2, 0) is 11.2 Å². The predicted molar refractivity (Wildman–Crippen MR) is 80.1 cm³/mol. The Morgan fingerprint density at radius 3 is 2.57 bits per heavy atom. The summed E-state index contributed by atoms with van der Waals surface area (Å²) in [6, 6.07) is 7.39. The highest BCUT2D eigenvalue weighted by Crippen LogP contribution is 2.30. The van der Waals surface area contributed by atoms with Gasteiger partial charge in [-0.05, 0) is 50.4 Å². The molecule has 2 rings (SSSR count). The highest BCUT2D eigenvalue weighted by Gasteiger charge is 2.39. The highest BCUT2D eigenvalue weighted by atomic mass is 16.4. The molecule has 1 fully saturated rings. The van der Waals surface area contributed by atoms with Gasteiger partial charge in [0.15, 0.2) is 0 Å². The Labute approximate surface area is 124 Å². The standard InChI is InChI=1S/C16H22N2O3/c1-16(15(20)21)8-2-10-18(11-16)14(19)13-5-3-12(4-6-13)7-9-17/h3-6H,2,7-11,17H2,1H3,(H,20,21). The normalized spacial score (nSPS) is 22.1. The Morgan fingerprint density at radius 1 is 1.33 bits per heavy atom. The van der Waals surface area contributed by atoms with Crippen LogP contribution >= 0.6 is 0 Å². The van der Waals surface area contributed by atoms with Gasteiger partial charge in [0, 0.05) is 18.7 Å². The molecule has 1 amide bonds. The number of likely N-dealkylation sites (tertiary alicyclic amines) is 1. The van der Waals surface area contributed by atoms with Crippen LogP contribution in [0.25, 0.3) is 0 Å². The first-order valence-electron chi connectivity index (χ1n) is 7.28. The number of nitrogens with zero attached hydrogens (tertiary/aromatic N) is 1. The van der Waals surface area contributed by atoms with Crippen LogP contribution in [0.1, 0.15) is 35.7 Å². The summed E-state index contributed by atoms with van der Waals surface area (Å²) in [5.41, 5.74) is 6.37. The number of amides is 1. The first kappa shape index (κ1) is 15.5. The van der Waals surface area contributed by atoms with Gasteiger partial charge in [0.2, 0.25) is 0 Å². The third-order valence-electron chi connectivity index (χ3n) is 4.13. The molecule has 1 aliphatic rings. The van der Waals surface area contributed by atoms with Crippen molar-refractivity contribution in [3.05, 3.63) is 35.4 Å². The van der Waals surface area contributed by atoms with E-state index in [-0.39, 0.29) is 12.5 Å². The van der Waals surface area contributed by atoms with Gasteiger partial charge in [0.25, 0.3) is 5.91 Å². The number of benzene rings is 1. The average molecular weight is 290 g/mol. The molecule has 1 aliphatic heterocycles. The van der Waals surface area contributed by atoms with E-state index in [1.165, 1.54) is 0 Å². The zero-order valence-corrected chi connectivity index (χ0v) is 12.3. The first-order chi connectivity index (χ1) is 9.96. The molecule has 0 spiro atoms. The van der Waals surface area contributed by atoms with E-state index in [0.717, 1.165) is 18.4 Å². The second-order valence-corrected chi connectivity index (χ2v) is 5.93. The Bertz CT molecular complexity index is 527. The molecule has 1 aromatic rings. The van der Waals surface area contributed by atoms with Crippen molar-refractivity contribution in [1.82, 2.24) is 4.90 Å². The van der Waals surface area contributed by atoms with Crippen molar-refractivity contribution in [2.45, 2.75) is 26.2 Å². The third-order valence-corrected chi connectivity index (χ3v) is 4.13. The van der Waals surface area contributed by atoms with Crippen LogP contribution in [0.2, 0.25) is 0 Å². The lowest BCUT2D eigenvalue weighted by Crippen LogP contribution is -2.48. The van der Waals surface area contributed by atoms with E-state index < -0.39 is 11.4 Å². The van der Waals surface area contributed by atoms with E-state index in [4.69, 9.17) is 5.73 Å². The maximum Gasteiger partial charge on any atom is 0.311 e. The molecule has 0 bridgehead atoms. The molecule has 0 aromatic heterocycles. The van der Waals surface area contributed by atoms with Gasteiger partial charge in [-0.3, -0.25) is 9.59 Å². The summed E-state index contributed by atoms with van der Waals surface area (Å²) in [7, 11) is 0. The molecule has 0 saturated carbocycles. The molecule has 3 N–H and O–H groups in total. The number of rotatable bonds is 4. The lowest BCUT2D eigenvalue weighted by atomic mass is 9.82. The van der Waals surface area contributed by atoms with Crippen LogP contribution in [0, 0.1) is 5.41 Å². The molecule has 0 radical (unpaired) electrons. The highest BCUT2D eigenvalue weighted by molar-refractivity contribution is 5.94. The van der Waals surface area contributed by atoms with Gasteiger partial charge in [-0.2, -0.15) is 0 Å². The van der Waals surface area contributed by atoms with Crippen molar-refractivity contribution < 1.29 is 14.7 Å². The summed E-state index contributed by atoms with van der Waals surface area (Å²) in [4.78, 5) is 25.5. The summed E-state index contributed by atoms with van der Waals surface area (Å²) in [6.07, 6.45) is 2.12. The van der Waals surface area contributed by atoms with Crippen molar-refractivity contribution in [3.8, 4) is 0 Å². The van der Waals surface area contributed by atoms with Gasteiger partial charge in [-0.1, -0.05) is 12.1 Å². The number of aliphatic carboxylic acids is 1. The molecule has 114 valence electrons. The van der Waals surface area contributed by atoms with Gasteiger partial charge in [-0.25, -0.2) is 0 Å². The van der Waals surface area contributed by atoms with Crippen molar-refractivity contribution in [2.24, 2.45) is 11.1 Å². The van der Waals surface area contributed by atoms with Crippen LogP contribution in [0.3, 0.4) is 0 Å². The fraction of sp³-hybridized carbons (Fsp3) is 0.500. The number of carboxylic acids is 1. The Morgan fingerprint density at radius 2 is 2.00 bits per heavy atom. The van der Waals surface area contributed by atoms with Gasteiger partial charge >= 0.3 is 5.97 Å². The van der Waals surface area contributed by atoms with Crippen LogP contribution in [0.5, 0.6) is 0 Å². The number of hydrogen-bond donors (Lipinski definition) is 2. The largest absolute Gasteiger partial charge is 0.481 e.